The number of ether oxygens (including phenoxy) is 1. The molecule has 68 valence electrons. The van der Waals surface area contributed by atoms with E-state index < -0.39 is 0 Å². The van der Waals surface area contributed by atoms with Crippen molar-refractivity contribution in [1.29, 1.82) is 0 Å². The van der Waals surface area contributed by atoms with E-state index >= 15 is 0 Å². The molecule has 0 aliphatic heterocycles. The summed E-state index contributed by atoms with van der Waals surface area (Å²) in [5.41, 5.74) is 0.703. The van der Waals surface area contributed by atoms with Crippen LogP contribution in [0.1, 0.15) is 26.2 Å². The van der Waals surface area contributed by atoms with Crippen LogP contribution >= 0.6 is 0 Å². The van der Waals surface area contributed by atoms with E-state index in [0.717, 1.165) is 19.3 Å². The fraction of sp³-hybridized carbons (Fsp3) is 0.500. The van der Waals surface area contributed by atoms with E-state index in [1.54, 1.807) is 12.2 Å². The van der Waals surface area contributed by atoms with Gasteiger partial charge in [0.05, 0.1) is 7.11 Å². The second-order valence-corrected chi connectivity index (χ2v) is 2.52. The van der Waals surface area contributed by atoms with E-state index in [9.17, 15) is 4.79 Å². The minimum absolute atomic E-state index is 0.247. The first kappa shape index (κ1) is 11.0. The summed E-state index contributed by atoms with van der Waals surface area (Å²) in [4.78, 5) is 11.1. The molecule has 0 saturated heterocycles. The Labute approximate surface area is 73.9 Å². The second kappa shape index (κ2) is 6.65. The molecular weight excluding hydrogens is 152 g/mol. The van der Waals surface area contributed by atoms with Crippen molar-refractivity contribution in [3.8, 4) is 0 Å². The standard InChI is InChI=1S/C10H16O2/c1-4-6-8-9(7-5-2)10(11)12-3/h5,7H,2,4,6,8H2,1,3H3/b9-7+. The Balaban J connectivity index is 4.13. The number of allylic oxidation sites excluding steroid dienone is 2. The van der Waals surface area contributed by atoms with Crippen molar-refractivity contribution in [1.82, 2.24) is 0 Å². The molecule has 0 saturated carbocycles. The molecule has 0 aromatic rings. The van der Waals surface area contributed by atoms with Crippen LogP contribution in [0.5, 0.6) is 0 Å². The van der Waals surface area contributed by atoms with Gasteiger partial charge in [-0.3, -0.25) is 0 Å². The van der Waals surface area contributed by atoms with Gasteiger partial charge < -0.3 is 4.74 Å². The number of hydrogen-bond donors (Lipinski definition) is 0. The quantitative estimate of drug-likeness (QED) is 0.358. The summed E-state index contributed by atoms with van der Waals surface area (Å²) in [6, 6.07) is 0. The number of carbonyl (C=O) groups excluding carboxylic acids is 1. The number of hydrogen-bond acceptors (Lipinski definition) is 2. The summed E-state index contributed by atoms with van der Waals surface area (Å²) in [6.07, 6.45) is 6.18. The maximum Gasteiger partial charge on any atom is 0.333 e. The smallest absolute Gasteiger partial charge is 0.333 e. The molecule has 2 nitrogen and oxygen atoms in total. The third-order valence-corrected chi connectivity index (χ3v) is 1.57. The zero-order chi connectivity index (χ0) is 9.40. The molecule has 12 heavy (non-hydrogen) atoms. The molecule has 0 rings (SSSR count). The molecule has 0 atom stereocenters. The molecule has 0 radical (unpaired) electrons. The normalized spacial score (nSPS) is 11.0. The Kier molecular flexibility index (Phi) is 6.07. The molecule has 0 aliphatic rings. The Morgan fingerprint density at radius 1 is 1.58 bits per heavy atom. The average Bonchev–Trinajstić information content (AvgIpc) is 2.11. The predicted molar refractivity (Wildman–Crippen MR) is 49.8 cm³/mol. The van der Waals surface area contributed by atoms with E-state index in [-0.39, 0.29) is 5.97 Å². The van der Waals surface area contributed by atoms with Crippen molar-refractivity contribution < 1.29 is 9.53 Å². The highest BCUT2D eigenvalue weighted by Crippen LogP contribution is 2.08. The largest absolute Gasteiger partial charge is 0.466 e. The Hall–Kier alpha value is -1.05. The van der Waals surface area contributed by atoms with Gasteiger partial charge in [-0.25, -0.2) is 4.79 Å². The molecule has 0 amide bonds. The third-order valence-electron chi connectivity index (χ3n) is 1.57. The molecule has 2 heteroatoms. The zero-order valence-electron chi connectivity index (χ0n) is 7.80. The highest BCUT2D eigenvalue weighted by Gasteiger charge is 2.06. The Morgan fingerprint density at radius 3 is 2.67 bits per heavy atom. The molecule has 0 bridgehead atoms. The number of methoxy groups -OCH3 is 1. The summed E-state index contributed by atoms with van der Waals surface area (Å²) in [6.45, 7) is 5.63. The van der Waals surface area contributed by atoms with Gasteiger partial charge in [0.25, 0.3) is 0 Å². The van der Waals surface area contributed by atoms with Gasteiger partial charge in [0.2, 0.25) is 0 Å². The van der Waals surface area contributed by atoms with Gasteiger partial charge in [-0.15, -0.1) is 0 Å². The van der Waals surface area contributed by atoms with Gasteiger partial charge in [-0.2, -0.15) is 0 Å². The van der Waals surface area contributed by atoms with Gasteiger partial charge >= 0.3 is 5.97 Å². The van der Waals surface area contributed by atoms with Crippen molar-refractivity contribution in [3.05, 3.63) is 24.3 Å². The molecule has 0 heterocycles. The van der Waals surface area contributed by atoms with Crippen LogP contribution in [0.4, 0.5) is 0 Å². The molecular formula is C10H16O2. The first-order valence-electron chi connectivity index (χ1n) is 4.16. The van der Waals surface area contributed by atoms with Crippen molar-refractivity contribution in [2.24, 2.45) is 0 Å². The maximum absolute atomic E-state index is 11.1. The SMILES string of the molecule is C=C/C=C(\CCCC)C(=O)OC. The van der Waals surface area contributed by atoms with Crippen LogP contribution in [-0.4, -0.2) is 13.1 Å². The predicted octanol–water partition coefficient (Wildman–Crippen LogP) is 2.46. The molecule has 0 N–H and O–H groups in total. The van der Waals surface area contributed by atoms with E-state index in [1.165, 1.54) is 7.11 Å². The van der Waals surface area contributed by atoms with Crippen LogP contribution < -0.4 is 0 Å². The highest BCUT2D eigenvalue weighted by molar-refractivity contribution is 5.88. The van der Waals surface area contributed by atoms with E-state index in [4.69, 9.17) is 0 Å². The van der Waals surface area contributed by atoms with Crippen molar-refractivity contribution >= 4 is 5.97 Å². The van der Waals surface area contributed by atoms with Gasteiger partial charge in [-0.05, 0) is 12.8 Å². The van der Waals surface area contributed by atoms with E-state index in [2.05, 4.69) is 18.2 Å². The van der Waals surface area contributed by atoms with Gasteiger partial charge in [0.15, 0.2) is 0 Å². The summed E-state index contributed by atoms with van der Waals surface area (Å²) < 4.78 is 4.61. The van der Waals surface area contributed by atoms with Gasteiger partial charge in [0.1, 0.15) is 0 Å². The molecule has 0 fully saturated rings. The summed E-state index contributed by atoms with van der Waals surface area (Å²) in [5.74, 6) is -0.247. The lowest BCUT2D eigenvalue weighted by atomic mass is 10.1. The number of esters is 1. The Morgan fingerprint density at radius 2 is 2.25 bits per heavy atom. The molecule has 0 aromatic carbocycles. The van der Waals surface area contributed by atoms with Crippen molar-refractivity contribution in [2.75, 3.05) is 7.11 Å². The fourth-order valence-corrected chi connectivity index (χ4v) is 0.894. The molecule has 0 spiro atoms. The molecule has 0 aliphatic carbocycles. The lowest BCUT2D eigenvalue weighted by molar-refractivity contribution is -0.136. The molecule has 0 unspecified atom stereocenters. The maximum atomic E-state index is 11.1. The minimum atomic E-state index is -0.247. The first-order chi connectivity index (χ1) is 5.76. The van der Waals surface area contributed by atoms with Crippen LogP contribution in [0.2, 0.25) is 0 Å². The summed E-state index contributed by atoms with van der Waals surface area (Å²) >= 11 is 0. The van der Waals surface area contributed by atoms with Crippen molar-refractivity contribution in [2.45, 2.75) is 26.2 Å². The van der Waals surface area contributed by atoms with Crippen LogP contribution in [-0.2, 0) is 9.53 Å². The zero-order valence-corrected chi connectivity index (χ0v) is 7.80. The van der Waals surface area contributed by atoms with Crippen LogP contribution in [0.25, 0.3) is 0 Å². The number of carbonyl (C=O) groups is 1. The highest BCUT2D eigenvalue weighted by atomic mass is 16.5. The number of unbranched alkanes of at least 4 members (excludes halogenated alkanes) is 1. The monoisotopic (exact) mass is 168 g/mol. The second-order valence-electron chi connectivity index (χ2n) is 2.52. The third kappa shape index (κ3) is 3.96. The first-order valence-corrected chi connectivity index (χ1v) is 4.16. The molecule has 0 aromatic heterocycles. The van der Waals surface area contributed by atoms with Gasteiger partial charge in [-0.1, -0.05) is 32.1 Å². The van der Waals surface area contributed by atoms with Crippen LogP contribution in [0.3, 0.4) is 0 Å². The fourth-order valence-electron chi connectivity index (χ4n) is 0.894. The van der Waals surface area contributed by atoms with Crippen LogP contribution in [0.15, 0.2) is 24.3 Å². The average molecular weight is 168 g/mol. The lowest BCUT2D eigenvalue weighted by Crippen LogP contribution is -2.04. The van der Waals surface area contributed by atoms with Crippen molar-refractivity contribution in [3.63, 3.8) is 0 Å². The number of rotatable bonds is 5. The minimum Gasteiger partial charge on any atom is -0.466 e. The van der Waals surface area contributed by atoms with E-state index in [0.29, 0.717) is 5.57 Å². The topological polar surface area (TPSA) is 26.3 Å². The van der Waals surface area contributed by atoms with Crippen LogP contribution in [0, 0.1) is 0 Å². The summed E-state index contributed by atoms with van der Waals surface area (Å²) in [7, 11) is 1.39. The van der Waals surface area contributed by atoms with E-state index in [1.807, 2.05) is 0 Å². The lowest BCUT2D eigenvalue weighted by Gasteiger charge is -2.02. The Bertz CT molecular complexity index is 180. The summed E-state index contributed by atoms with van der Waals surface area (Å²) in [5, 5.41) is 0. The van der Waals surface area contributed by atoms with Gasteiger partial charge in [0, 0.05) is 5.57 Å².